The van der Waals surface area contributed by atoms with E-state index in [4.69, 9.17) is 0 Å². The Hall–Kier alpha value is -1.37. The topological polar surface area (TPSA) is 12.9 Å². The molecule has 0 aliphatic heterocycles. The number of nitrogens with zero attached hydrogens (tertiary/aromatic N) is 1. The number of hydrogen-bond donors (Lipinski definition) is 0. The summed E-state index contributed by atoms with van der Waals surface area (Å²) in [6.45, 7) is 10.9. The molecule has 2 rings (SSSR count). The van der Waals surface area contributed by atoms with Crippen LogP contribution < -0.4 is 0 Å². The summed E-state index contributed by atoms with van der Waals surface area (Å²) in [5, 5.41) is 1.23. The molecule has 1 aromatic carbocycles. The highest BCUT2D eigenvalue weighted by Crippen LogP contribution is 2.18. The smallest absolute Gasteiger partial charge is 0.0702 e. The van der Waals surface area contributed by atoms with Gasteiger partial charge >= 0.3 is 0 Å². The zero-order chi connectivity index (χ0) is 12.8. The van der Waals surface area contributed by atoms with Gasteiger partial charge in [-0.2, -0.15) is 0 Å². The van der Waals surface area contributed by atoms with E-state index in [0.717, 1.165) is 11.4 Å². The normalized spacial score (nSPS) is 10.5. The van der Waals surface area contributed by atoms with Crippen molar-refractivity contribution in [1.82, 2.24) is 4.98 Å². The maximum absolute atomic E-state index is 4.40. The number of para-hydroxylation sites is 1. The summed E-state index contributed by atoms with van der Waals surface area (Å²) < 4.78 is 0. The van der Waals surface area contributed by atoms with Gasteiger partial charge in [0, 0.05) is 11.6 Å². The van der Waals surface area contributed by atoms with Crippen LogP contribution in [0.1, 0.15) is 46.1 Å². The minimum absolute atomic E-state index is 0.553. The SMILES string of the molecule is CC(C)C.CC(C)c1cnc2ccccc2c1. The molecule has 0 spiro atoms. The number of rotatable bonds is 1. The van der Waals surface area contributed by atoms with Crippen LogP contribution in [0.4, 0.5) is 0 Å². The quantitative estimate of drug-likeness (QED) is 0.669. The second-order valence-electron chi connectivity index (χ2n) is 5.35. The number of pyridine rings is 1. The molecule has 92 valence electrons. The summed E-state index contributed by atoms with van der Waals surface area (Å²) in [7, 11) is 0. The molecule has 0 N–H and O–H groups in total. The monoisotopic (exact) mass is 229 g/mol. The molecule has 1 aromatic heterocycles. The van der Waals surface area contributed by atoms with E-state index in [0.29, 0.717) is 5.92 Å². The van der Waals surface area contributed by atoms with Gasteiger partial charge in [-0.3, -0.25) is 4.98 Å². The Morgan fingerprint density at radius 2 is 1.53 bits per heavy atom. The summed E-state index contributed by atoms with van der Waals surface area (Å²) >= 11 is 0. The third-order valence-electron chi connectivity index (χ3n) is 2.28. The van der Waals surface area contributed by atoms with Crippen LogP contribution in [0, 0.1) is 5.92 Å². The highest BCUT2D eigenvalue weighted by molar-refractivity contribution is 5.78. The molecular formula is C16H23N. The second-order valence-corrected chi connectivity index (χ2v) is 5.35. The minimum atomic E-state index is 0.553. The first-order valence-corrected chi connectivity index (χ1v) is 6.35. The van der Waals surface area contributed by atoms with Gasteiger partial charge in [-0.25, -0.2) is 0 Å². The van der Waals surface area contributed by atoms with Crippen LogP contribution in [-0.2, 0) is 0 Å². The second kappa shape index (κ2) is 6.39. The van der Waals surface area contributed by atoms with Gasteiger partial charge in [-0.15, -0.1) is 0 Å². The Morgan fingerprint density at radius 3 is 2.12 bits per heavy atom. The zero-order valence-electron chi connectivity index (χ0n) is 11.6. The number of aromatic nitrogens is 1. The van der Waals surface area contributed by atoms with Crippen molar-refractivity contribution in [3.8, 4) is 0 Å². The van der Waals surface area contributed by atoms with Crippen LogP contribution in [0.5, 0.6) is 0 Å². The van der Waals surface area contributed by atoms with E-state index in [1.165, 1.54) is 10.9 Å². The molecular weight excluding hydrogens is 206 g/mol. The Morgan fingerprint density at radius 1 is 0.941 bits per heavy atom. The molecule has 2 aromatic rings. The number of hydrogen-bond acceptors (Lipinski definition) is 1. The van der Waals surface area contributed by atoms with E-state index in [1.54, 1.807) is 0 Å². The van der Waals surface area contributed by atoms with Gasteiger partial charge < -0.3 is 0 Å². The van der Waals surface area contributed by atoms with Crippen molar-refractivity contribution in [2.24, 2.45) is 5.92 Å². The van der Waals surface area contributed by atoms with E-state index >= 15 is 0 Å². The van der Waals surface area contributed by atoms with Crippen molar-refractivity contribution in [3.63, 3.8) is 0 Å². The van der Waals surface area contributed by atoms with E-state index in [9.17, 15) is 0 Å². The van der Waals surface area contributed by atoms with Gasteiger partial charge in [0.05, 0.1) is 5.52 Å². The van der Waals surface area contributed by atoms with Crippen molar-refractivity contribution in [2.75, 3.05) is 0 Å². The molecule has 0 aliphatic carbocycles. The van der Waals surface area contributed by atoms with Crippen LogP contribution in [0.2, 0.25) is 0 Å². The van der Waals surface area contributed by atoms with E-state index in [2.05, 4.69) is 51.7 Å². The van der Waals surface area contributed by atoms with E-state index in [1.807, 2.05) is 24.4 Å². The minimum Gasteiger partial charge on any atom is -0.256 e. The Labute approximate surface area is 105 Å². The van der Waals surface area contributed by atoms with E-state index < -0.39 is 0 Å². The van der Waals surface area contributed by atoms with Crippen molar-refractivity contribution < 1.29 is 0 Å². The lowest BCUT2D eigenvalue weighted by Crippen LogP contribution is -1.88. The molecule has 0 amide bonds. The van der Waals surface area contributed by atoms with Crippen molar-refractivity contribution in [2.45, 2.75) is 40.5 Å². The molecule has 0 aliphatic rings. The fourth-order valence-corrected chi connectivity index (χ4v) is 1.40. The third kappa shape index (κ3) is 4.56. The van der Waals surface area contributed by atoms with Crippen LogP contribution >= 0.6 is 0 Å². The first kappa shape index (κ1) is 13.7. The van der Waals surface area contributed by atoms with Gasteiger partial charge in [0.25, 0.3) is 0 Å². The maximum atomic E-state index is 4.40. The highest BCUT2D eigenvalue weighted by Gasteiger charge is 2.00. The van der Waals surface area contributed by atoms with Crippen LogP contribution in [0.3, 0.4) is 0 Å². The number of fused-ring (bicyclic) bond motifs is 1. The van der Waals surface area contributed by atoms with Crippen molar-refractivity contribution in [3.05, 3.63) is 42.1 Å². The first-order chi connectivity index (χ1) is 8.00. The van der Waals surface area contributed by atoms with Crippen LogP contribution in [-0.4, -0.2) is 4.98 Å². The first-order valence-electron chi connectivity index (χ1n) is 6.35. The summed E-state index contributed by atoms with van der Waals surface area (Å²) in [6.07, 6.45) is 1.97. The van der Waals surface area contributed by atoms with Gasteiger partial charge in [-0.1, -0.05) is 52.8 Å². The molecule has 0 saturated heterocycles. The summed E-state index contributed by atoms with van der Waals surface area (Å²) in [4.78, 5) is 4.40. The summed E-state index contributed by atoms with van der Waals surface area (Å²) in [5.41, 5.74) is 2.38. The van der Waals surface area contributed by atoms with E-state index in [-0.39, 0.29) is 0 Å². The molecule has 1 heterocycles. The third-order valence-corrected chi connectivity index (χ3v) is 2.28. The zero-order valence-corrected chi connectivity index (χ0v) is 11.6. The maximum Gasteiger partial charge on any atom is 0.0702 e. The Kier molecular flexibility index (Phi) is 5.14. The van der Waals surface area contributed by atoms with Gasteiger partial charge in [0.1, 0.15) is 0 Å². The van der Waals surface area contributed by atoms with Gasteiger partial charge in [0.15, 0.2) is 0 Å². The Bertz CT molecular complexity index is 455. The lowest BCUT2D eigenvalue weighted by Gasteiger charge is -2.05. The Balaban J connectivity index is 0.000000317. The van der Waals surface area contributed by atoms with Crippen molar-refractivity contribution >= 4 is 10.9 Å². The van der Waals surface area contributed by atoms with Gasteiger partial charge in [0.2, 0.25) is 0 Å². The standard InChI is InChI=1S/C12H13N.C4H10/c1-9(2)11-7-10-5-3-4-6-12(10)13-8-11;1-4(2)3/h3-9H,1-2H3;4H,1-3H3. The van der Waals surface area contributed by atoms with Crippen molar-refractivity contribution in [1.29, 1.82) is 0 Å². The fraction of sp³-hybridized carbons (Fsp3) is 0.438. The average molecular weight is 229 g/mol. The predicted molar refractivity (Wildman–Crippen MR) is 76.3 cm³/mol. The molecule has 0 atom stereocenters. The molecule has 0 unspecified atom stereocenters. The molecule has 1 heteroatoms. The highest BCUT2D eigenvalue weighted by atomic mass is 14.6. The molecule has 1 nitrogen and oxygen atoms in total. The predicted octanol–water partition coefficient (Wildman–Crippen LogP) is 5.02. The summed E-state index contributed by atoms with van der Waals surface area (Å²) in [5.74, 6) is 1.39. The number of benzene rings is 1. The summed E-state index contributed by atoms with van der Waals surface area (Å²) in [6, 6.07) is 10.4. The lowest BCUT2D eigenvalue weighted by atomic mass is 10.0. The average Bonchev–Trinajstić information content (AvgIpc) is 2.27. The largest absolute Gasteiger partial charge is 0.256 e. The fourth-order valence-electron chi connectivity index (χ4n) is 1.40. The molecule has 0 fully saturated rings. The van der Waals surface area contributed by atoms with Gasteiger partial charge in [-0.05, 0) is 29.5 Å². The van der Waals surface area contributed by atoms with Crippen LogP contribution in [0.15, 0.2) is 36.5 Å². The molecule has 0 saturated carbocycles. The molecule has 17 heavy (non-hydrogen) atoms. The van der Waals surface area contributed by atoms with Crippen LogP contribution in [0.25, 0.3) is 10.9 Å². The molecule has 0 bridgehead atoms. The molecule has 0 radical (unpaired) electrons. The lowest BCUT2D eigenvalue weighted by molar-refractivity contribution is 0.737.